The Balaban J connectivity index is 0.000000218. The monoisotopic (exact) mass is 551 g/mol. The highest BCUT2D eigenvalue weighted by atomic mass is 32.3. The number of rotatable bonds is 7. The lowest BCUT2D eigenvalue weighted by atomic mass is 9.80. The smallest absolute Gasteiger partial charge is 0.156 e. The van der Waals surface area contributed by atoms with Crippen LogP contribution < -0.4 is 10.1 Å². The predicted molar refractivity (Wildman–Crippen MR) is 165 cm³/mol. The molecule has 1 aliphatic rings. The number of nitrogens with zero attached hydrogens (tertiary/aromatic N) is 2. The second-order valence-corrected chi connectivity index (χ2v) is 16.1. The number of nitrogens with one attached hydrogen (secondary N) is 1. The number of aliphatic hydroxyl groups is 1. The van der Waals surface area contributed by atoms with E-state index in [1.165, 1.54) is 9.79 Å². The molecular weight excluding hydrogens is 502 g/mol. The van der Waals surface area contributed by atoms with Crippen molar-refractivity contribution in [1.29, 1.82) is 0 Å². The van der Waals surface area contributed by atoms with Crippen LogP contribution in [0.3, 0.4) is 0 Å². The Morgan fingerprint density at radius 3 is 1.82 bits per heavy atom. The van der Waals surface area contributed by atoms with Crippen molar-refractivity contribution >= 4 is 10.0 Å². The van der Waals surface area contributed by atoms with Gasteiger partial charge in [0, 0.05) is 6.04 Å². The fraction of sp³-hybridized carbons (Fsp3) is 0.515. The van der Waals surface area contributed by atoms with E-state index in [1.807, 2.05) is 13.8 Å². The number of ether oxygens (including phenoxy) is 1. The molecule has 3 aromatic rings. The van der Waals surface area contributed by atoms with Gasteiger partial charge in [0.25, 0.3) is 0 Å². The van der Waals surface area contributed by atoms with Crippen molar-refractivity contribution in [2.75, 3.05) is 12.9 Å². The minimum absolute atomic E-state index is 0.116. The van der Waals surface area contributed by atoms with Gasteiger partial charge in [-0.05, 0) is 83.6 Å². The molecule has 2 heterocycles. The topological polar surface area (TPSA) is 67.3 Å². The van der Waals surface area contributed by atoms with E-state index < -0.39 is 10.0 Å². The Morgan fingerprint density at radius 1 is 0.897 bits per heavy atom. The molecule has 0 spiro atoms. The van der Waals surface area contributed by atoms with Gasteiger partial charge in [0.1, 0.15) is 5.82 Å². The molecule has 1 saturated heterocycles. The molecule has 6 heteroatoms. The van der Waals surface area contributed by atoms with E-state index >= 15 is 0 Å². The Morgan fingerprint density at radius 2 is 1.41 bits per heavy atom. The van der Waals surface area contributed by atoms with Crippen LogP contribution in [0.25, 0.3) is 0 Å². The van der Waals surface area contributed by atoms with Crippen molar-refractivity contribution in [3.8, 4) is 5.75 Å². The first kappa shape index (κ1) is 31.1. The van der Waals surface area contributed by atoms with Crippen molar-refractivity contribution in [3.63, 3.8) is 0 Å². The average molecular weight is 552 g/mol. The van der Waals surface area contributed by atoms with Gasteiger partial charge in [-0.15, -0.1) is 0 Å². The molecule has 5 nitrogen and oxygen atoms in total. The highest BCUT2D eigenvalue weighted by Crippen LogP contribution is 2.67. The van der Waals surface area contributed by atoms with Crippen LogP contribution in [-0.4, -0.2) is 44.8 Å². The summed E-state index contributed by atoms with van der Waals surface area (Å²) in [6.45, 7) is 15.6. The molecule has 214 valence electrons. The minimum atomic E-state index is -1.01. The van der Waals surface area contributed by atoms with Crippen LogP contribution in [0, 0.1) is 11.8 Å². The quantitative estimate of drug-likeness (QED) is 0.316. The van der Waals surface area contributed by atoms with Crippen molar-refractivity contribution in [2.45, 2.75) is 94.0 Å². The van der Waals surface area contributed by atoms with Crippen LogP contribution in [0.5, 0.6) is 5.75 Å². The van der Waals surface area contributed by atoms with Gasteiger partial charge in [-0.2, -0.15) is 10.0 Å². The second kappa shape index (κ2) is 13.8. The van der Waals surface area contributed by atoms with Crippen molar-refractivity contribution in [3.05, 3.63) is 78.9 Å². The van der Waals surface area contributed by atoms with Gasteiger partial charge in [-0.25, -0.2) is 9.97 Å². The van der Waals surface area contributed by atoms with Crippen LogP contribution in [-0.2, 0) is 0 Å². The van der Waals surface area contributed by atoms with E-state index in [4.69, 9.17) is 4.74 Å². The Bertz CT molecular complexity index is 1080. The molecule has 0 radical (unpaired) electrons. The summed E-state index contributed by atoms with van der Waals surface area (Å²) in [6.07, 6.45) is 8.10. The maximum atomic E-state index is 9.59. The van der Waals surface area contributed by atoms with E-state index in [0.29, 0.717) is 17.6 Å². The summed E-state index contributed by atoms with van der Waals surface area (Å²) in [4.78, 5) is 11.8. The first-order chi connectivity index (χ1) is 18.5. The Kier molecular flexibility index (Phi) is 11.0. The van der Waals surface area contributed by atoms with Crippen LogP contribution in [0.4, 0.5) is 0 Å². The number of piperidine rings is 1. The molecule has 0 saturated carbocycles. The van der Waals surface area contributed by atoms with Crippen LogP contribution in [0.1, 0.15) is 73.2 Å². The van der Waals surface area contributed by atoms with E-state index in [0.717, 1.165) is 18.7 Å². The lowest BCUT2D eigenvalue weighted by Gasteiger charge is -2.48. The number of hydrogen-bond donors (Lipinski definition) is 2. The lowest BCUT2D eigenvalue weighted by Crippen LogP contribution is -2.47. The summed E-state index contributed by atoms with van der Waals surface area (Å²) in [5.74, 6) is 2.56. The first-order valence-electron chi connectivity index (χ1n) is 14.2. The third kappa shape index (κ3) is 7.84. The maximum absolute atomic E-state index is 9.59. The molecule has 2 N–H and O–H groups in total. The fourth-order valence-corrected chi connectivity index (χ4v) is 8.37. The standard InChI is InChI=1S/C17H22S.C16H27N3O2/c1-17(2,3)18(4,15-11-7-5-8-12-15)16-13-9-6-10-14-16;1-10(2)13-5-6-14(19-15(13)9-20)16-17-7-12(8-18-16)21-11(3)4/h5-14H,1-4H3;7-8,10-11,13-15,19-20H,5-6,9H2,1-4H3. The molecule has 0 bridgehead atoms. The summed E-state index contributed by atoms with van der Waals surface area (Å²) < 4.78 is 5.81. The van der Waals surface area contributed by atoms with Crippen molar-refractivity contribution in [2.24, 2.45) is 11.8 Å². The Hall–Kier alpha value is -2.41. The van der Waals surface area contributed by atoms with E-state index in [1.54, 1.807) is 12.4 Å². The van der Waals surface area contributed by atoms with Gasteiger partial charge >= 0.3 is 0 Å². The lowest BCUT2D eigenvalue weighted by molar-refractivity contribution is 0.117. The molecule has 1 aromatic heterocycles. The van der Waals surface area contributed by atoms with E-state index in [9.17, 15) is 5.11 Å². The summed E-state index contributed by atoms with van der Waals surface area (Å²) in [5.41, 5.74) is 0. The highest BCUT2D eigenvalue weighted by Gasteiger charge is 2.35. The van der Waals surface area contributed by atoms with E-state index in [2.05, 4.69) is 117 Å². The van der Waals surface area contributed by atoms with Crippen molar-refractivity contribution in [1.82, 2.24) is 15.3 Å². The van der Waals surface area contributed by atoms with Gasteiger partial charge in [0.05, 0.1) is 31.1 Å². The number of benzene rings is 2. The molecule has 1 fully saturated rings. The number of aromatic nitrogens is 2. The molecule has 39 heavy (non-hydrogen) atoms. The third-order valence-electron chi connectivity index (χ3n) is 7.76. The minimum Gasteiger partial charge on any atom is -0.488 e. The third-order valence-corrected chi connectivity index (χ3v) is 12.6. The predicted octanol–water partition coefficient (Wildman–Crippen LogP) is 7.66. The Labute approximate surface area is 238 Å². The number of aliphatic hydroxyl groups excluding tert-OH is 1. The first-order valence-corrected chi connectivity index (χ1v) is 16.2. The van der Waals surface area contributed by atoms with Gasteiger partial charge in [0.15, 0.2) is 5.75 Å². The maximum Gasteiger partial charge on any atom is 0.156 e. The normalized spacial score (nSPS) is 20.3. The van der Waals surface area contributed by atoms with Crippen molar-refractivity contribution < 1.29 is 9.84 Å². The van der Waals surface area contributed by atoms with Gasteiger partial charge < -0.3 is 15.2 Å². The highest BCUT2D eigenvalue weighted by molar-refractivity contribution is 8.34. The summed E-state index contributed by atoms with van der Waals surface area (Å²) in [5, 5.41) is 13.1. The molecule has 2 aromatic carbocycles. The van der Waals surface area contributed by atoms with E-state index in [-0.39, 0.29) is 29.5 Å². The average Bonchev–Trinajstić information content (AvgIpc) is 2.93. The molecule has 1 aliphatic heterocycles. The molecule has 3 atom stereocenters. The van der Waals surface area contributed by atoms with Crippen LogP contribution in [0.15, 0.2) is 82.8 Å². The van der Waals surface area contributed by atoms with Gasteiger partial charge in [0.2, 0.25) is 0 Å². The fourth-order valence-electron chi connectivity index (χ4n) is 5.28. The molecule has 0 amide bonds. The molecular formula is C33H49N3O2S. The van der Waals surface area contributed by atoms with Crippen LogP contribution in [0.2, 0.25) is 0 Å². The summed E-state index contributed by atoms with van der Waals surface area (Å²) >= 11 is 0. The van der Waals surface area contributed by atoms with Gasteiger partial charge in [-0.1, -0.05) is 71.0 Å². The molecule has 4 rings (SSSR count). The summed E-state index contributed by atoms with van der Waals surface area (Å²) in [6, 6.07) is 22.1. The zero-order chi connectivity index (χ0) is 28.6. The largest absolute Gasteiger partial charge is 0.488 e. The van der Waals surface area contributed by atoms with Crippen LogP contribution >= 0.6 is 10.0 Å². The zero-order valence-corrected chi connectivity index (χ0v) is 25.9. The zero-order valence-electron chi connectivity index (χ0n) is 25.1. The van der Waals surface area contributed by atoms with Gasteiger partial charge in [-0.3, -0.25) is 0 Å². The second-order valence-electron chi connectivity index (χ2n) is 12.1. The molecule has 0 aliphatic carbocycles. The molecule has 3 unspecified atom stereocenters. The SMILES string of the molecule is CC(C)(C)S(C)(c1ccccc1)c1ccccc1.CC(C)Oc1cnc(C2CCC(C(C)C)C(CO)N2)nc1. The number of hydrogen-bond acceptors (Lipinski definition) is 5. The summed E-state index contributed by atoms with van der Waals surface area (Å²) in [7, 11) is -1.01.